The maximum atomic E-state index is 13.3. The number of carbonyl (C=O) groups is 1. The SMILES string of the molecule is COCc1cc(NC(=O)OC(C)(C)C)ncc1F. The van der Waals surface area contributed by atoms with Crippen molar-refractivity contribution in [1.82, 2.24) is 4.98 Å². The van der Waals surface area contributed by atoms with E-state index in [2.05, 4.69) is 10.3 Å². The fourth-order valence-corrected chi connectivity index (χ4v) is 1.22. The Morgan fingerprint density at radius 2 is 2.17 bits per heavy atom. The van der Waals surface area contributed by atoms with Crippen LogP contribution in [0.15, 0.2) is 12.3 Å². The summed E-state index contributed by atoms with van der Waals surface area (Å²) >= 11 is 0. The molecule has 1 aromatic rings. The van der Waals surface area contributed by atoms with E-state index in [1.165, 1.54) is 13.2 Å². The third-order valence-corrected chi connectivity index (χ3v) is 1.86. The lowest BCUT2D eigenvalue weighted by molar-refractivity contribution is 0.0635. The highest BCUT2D eigenvalue weighted by Crippen LogP contribution is 2.14. The number of hydrogen-bond donors (Lipinski definition) is 1. The van der Waals surface area contributed by atoms with Crippen molar-refractivity contribution in [1.29, 1.82) is 0 Å². The van der Waals surface area contributed by atoms with Crippen LogP contribution >= 0.6 is 0 Å². The lowest BCUT2D eigenvalue weighted by atomic mass is 10.2. The molecule has 1 rings (SSSR count). The molecule has 0 radical (unpaired) electrons. The van der Waals surface area contributed by atoms with Crippen molar-refractivity contribution >= 4 is 11.9 Å². The summed E-state index contributed by atoms with van der Waals surface area (Å²) in [7, 11) is 1.46. The van der Waals surface area contributed by atoms with E-state index < -0.39 is 17.5 Å². The van der Waals surface area contributed by atoms with Gasteiger partial charge in [-0.3, -0.25) is 5.32 Å². The molecule has 18 heavy (non-hydrogen) atoms. The van der Waals surface area contributed by atoms with Crippen molar-refractivity contribution in [2.75, 3.05) is 12.4 Å². The van der Waals surface area contributed by atoms with Gasteiger partial charge in [-0.05, 0) is 26.8 Å². The standard InChI is InChI=1S/C12H17FN2O3/c1-12(2,3)18-11(16)15-10-5-8(7-17-4)9(13)6-14-10/h5-6H,7H2,1-4H3,(H,14,15,16). The molecular formula is C12H17FN2O3. The second-order valence-corrected chi connectivity index (χ2v) is 4.72. The largest absolute Gasteiger partial charge is 0.444 e. The van der Waals surface area contributed by atoms with E-state index in [-0.39, 0.29) is 12.4 Å². The summed E-state index contributed by atoms with van der Waals surface area (Å²) in [4.78, 5) is 15.2. The number of pyridine rings is 1. The van der Waals surface area contributed by atoms with E-state index in [1.54, 1.807) is 20.8 Å². The van der Waals surface area contributed by atoms with Gasteiger partial charge in [0, 0.05) is 12.7 Å². The maximum absolute atomic E-state index is 13.3. The third-order valence-electron chi connectivity index (χ3n) is 1.86. The van der Waals surface area contributed by atoms with Gasteiger partial charge in [-0.15, -0.1) is 0 Å². The van der Waals surface area contributed by atoms with Gasteiger partial charge in [0.25, 0.3) is 0 Å². The Morgan fingerprint density at radius 3 is 2.72 bits per heavy atom. The van der Waals surface area contributed by atoms with Gasteiger partial charge in [-0.1, -0.05) is 0 Å². The molecule has 6 heteroatoms. The van der Waals surface area contributed by atoms with Crippen LogP contribution in [-0.2, 0) is 16.1 Å². The van der Waals surface area contributed by atoms with Crippen LogP contribution in [0.4, 0.5) is 15.0 Å². The summed E-state index contributed by atoms with van der Waals surface area (Å²) in [5.74, 6) is -0.260. The first kappa shape index (κ1) is 14.4. The van der Waals surface area contributed by atoms with Crippen molar-refractivity contribution in [3.63, 3.8) is 0 Å². The van der Waals surface area contributed by atoms with Crippen LogP contribution in [0, 0.1) is 5.82 Å². The minimum atomic E-state index is -0.634. The second-order valence-electron chi connectivity index (χ2n) is 4.72. The van der Waals surface area contributed by atoms with Crippen LogP contribution < -0.4 is 5.32 Å². The summed E-state index contributed by atoms with van der Waals surface area (Å²) in [5, 5.41) is 2.43. The van der Waals surface area contributed by atoms with Gasteiger partial charge in [-0.25, -0.2) is 14.2 Å². The molecule has 1 N–H and O–H groups in total. The monoisotopic (exact) mass is 256 g/mol. The Kier molecular flexibility index (Phi) is 4.61. The molecule has 0 bridgehead atoms. The molecule has 0 spiro atoms. The van der Waals surface area contributed by atoms with Crippen LogP contribution in [0.2, 0.25) is 0 Å². The van der Waals surface area contributed by atoms with E-state index >= 15 is 0 Å². The molecule has 0 saturated heterocycles. The molecule has 0 fully saturated rings. The molecule has 0 saturated carbocycles. The molecule has 0 atom stereocenters. The van der Waals surface area contributed by atoms with Crippen LogP contribution in [0.3, 0.4) is 0 Å². The van der Waals surface area contributed by atoms with Gasteiger partial charge in [0.2, 0.25) is 0 Å². The fraction of sp³-hybridized carbons (Fsp3) is 0.500. The second kappa shape index (κ2) is 5.77. The lowest BCUT2D eigenvalue weighted by Gasteiger charge is -2.19. The molecule has 1 aromatic heterocycles. The molecule has 1 heterocycles. The number of halogens is 1. The molecule has 0 aliphatic heterocycles. The number of ether oxygens (including phenoxy) is 2. The highest BCUT2D eigenvalue weighted by Gasteiger charge is 2.17. The van der Waals surface area contributed by atoms with Crippen molar-refractivity contribution in [2.45, 2.75) is 33.0 Å². The maximum Gasteiger partial charge on any atom is 0.413 e. The van der Waals surface area contributed by atoms with Gasteiger partial charge >= 0.3 is 6.09 Å². The number of methoxy groups -OCH3 is 1. The van der Waals surface area contributed by atoms with E-state index in [9.17, 15) is 9.18 Å². The number of hydrogen-bond acceptors (Lipinski definition) is 4. The van der Waals surface area contributed by atoms with E-state index in [0.717, 1.165) is 6.20 Å². The van der Waals surface area contributed by atoms with Crippen molar-refractivity contribution in [3.8, 4) is 0 Å². The summed E-state index contributed by atoms with van der Waals surface area (Å²) in [6, 6.07) is 1.41. The van der Waals surface area contributed by atoms with Gasteiger partial charge in [0.05, 0.1) is 12.8 Å². The van der Waals surface area contributed by atoms with Gasteiger partial charge in [0.1, 0.15) is 17.2 Å². The Bertz CT molecular complexity index is 430. The Hall–Kier alpha value is -1.69. The Morgan fingerprint density at radius 1 is 1.50 bits per heavy atom. The van der Waals surface area contributed by atoms with Gasteiger partial charge in [-0.2, -0.15) is 0 Å². The summed E-state index contributed by atoms with van der Waals surface area (Å²) in [6.45, 7) is 5.36. The number of aromatic nitrogens is 1. The summed E-state index contributed by atoms with van der Waals surface area (Å²) < 4.78 is 23.2. The number of anilines is 1. The number of nitrogens with one attached hydrogen (secondary N) is 1. The molecular weight excluding hydrogens is 239 g/mol. The first-order valence-corrected chi connectivity index (χ1v) is 5.45. The van der Waals surface area contributed by atoms with Crippen molar-refractivity contribution in [3.05, 3.63) is 23.6 Å². The van der Waals surface area contributed by atoms with E-state index in [4.69, 9.17) is 9.47 Å². The van der Waals surface area contributed by atoms with E-state index in [1.807, 2.05) is 0 Å². The fourth-order valence-electron chi connectivity index (χ4n) is 1.22. The zero-order chi connectivity index (χ0) is 13.8. The van der Waals surface area contributed by atoms with Crippen molar-refractivity contribution in [2.24, 2.45) is 0 Å². The van der Waals surface area contributed by atoms with Crippen LogP contribution in [0.1, 0.15) is 26.3 Å². The predicted octanol–water partition coefficient (Wildman–Crippen LogP) is 2.71. The van der Waals surface area contributed by atoms with Crippen LogP contribution in [-0.4, -0.2) is 23.8 Å². The predicted molar refractivity (Wildman–Crippen MR) is 64.8 cm³/mol. The minimum Gasteiger partial charge on any atom is -0.444 e. The molecule has 5 nitrogen and oxygen atoms in total. The summed E-state index contributed by atoms with van der Waals surface area (Å²) in [6.07, 6.45) is 0.395. The third kappa shape index (κ3) is 4.67. The minimum absolute atomic E-state index is 0.108. The average Bonchev–Trinajstić information content (AvgIpc) is 2.20. The normalized spacial score (nSPS) is 11.2. The number of rotatable bonds is 3. The molecule has 0 aliphatic rings. The average molecular weight is 256 g/mol. The molecule has 1 amide bonds. The quantitative estimate of drug-likeness (QED) is 0.903. The first-order valence-electron chi connectivity index (χ1n) is 5.45. The first-order chi connectivity index (χ1) is 8.31. The molecule has 0 unspecified atom stereocenters. The zero-order valence-corrected chi connectivity index (χ0v) is 10.9. The smallest absolute Gasteiger partial charge is 0.413 e. The topological polar surface area (TPSA) is 60.5 Å². The van der Waals surface area contributed by atoms with E-state index in [0.29, 0.717) is 5.56 Å². The Balaban J connectivity index is 2.73. The number of amides is 1. The summed E-state index contributed by atoms with van der Waals surface area (Å²) in [5.41, 5.74) is -0.280. The zero-order valence-electron chi connectivity index (χ0n) is 10.9. The molecule has 0 aliphatic carbocycles. The highest BCUT2D eigenvalue weighted by atomic mass is 19.1. The van der Waals surface area contributed by atoms with Crippen LogP contribution in [0.5, 0.6) is 0 Å². The highest BCUT2D eigenvalue weighted by molar-refractivity contribution is 5.83. The Labute approximate surface area is 105 Å². The lowest BCUT2D eigenvalue weighted by Crippen LogP contribution is -2.27. The number of carbonyl (C=O) groups excluding carboxylic acids is 1. The number of nitrogens with zero attached hydrogens (tertiary/aromatic N) is 1. The van der Waals surface area contributed by atoms with Gasteiger partial charge in [0.15, 0.2) is 0 Å². The molecule has 100 valence electrons. The molecule has 0 aromatic carbocycles. The van der Waals surface area contributed by atoms with Crippen LogP contribution in [0.25, 0.3) is 0 Å². The van der Waals surface area contributed by atoms with Gasteiger partial charge < -0.3 is 9.47 Å². The van der Waals surface area contributed by atoms with Crippen molar-refractivity contribution < 1.29 is 18.7 Å².